The van der Waals surface area contributed by atoms with Crippen molar-refractivity contribution < 1.29 is 9.59 Å². The molecule has 4 rings (SSSR count). The number of benzene rings is 2. The summed E-state index contributed by atoms with van der Waals surface area (Å²) in [6.45, 7) is 3.42. The average Bonchev–Trinajstić information content (AvgIpc) is 3.29. The molecule has 8 nitrogen and oxygen atoms in total. The Bertz CT molecular complexity index is 1030. The molecule has 0 saturated carbocycles. The maximum Gasteiger partial charge on any atom is 0.255 e. The molecule has 148 valence electrons. The van der Waals surface area contributed by atoms with Crippen LogP contribution in [0.1, 0.15) is 45.5 Å². The van der Waals surface area contributed by atoms with Crippen LogP contribution in [-0.4, -0.2) is 50.0 Å². The van der Waals surface area contributed by atoms with Gasteiger partial charge in [-0.05, 0) is 72.5 Å². The number of aromatic nitrogens is 4. The number of nitrogens with zero attached hydrogens (tertiary/aromatic N) is 5. The average molecular weight is 390 g/mol. The van der Waals surface area contributed by atoms with Gasteiger partial charge in [-0.15, -0.1) is 5.10 Å². The first kappa shape index (κ1) is 18.8. The van der Waals surface area contributed by atoms with E-state index in [-0.39, 0.29) is 11.8 Å². The van der Waals surface area contributed by atoms with E-state index >= 15 is 0 Å². The third-order valence-electron chi connectivity index (χ3n) is 5.10. The fourth-order valence-corrected chi connectivity index (χ4v) is 3.57. The summed E-state index contributed by atoms with van der Waals surface area (Å²) >= 11 is 0. The van der Waals surface area contributed by atoms with E-state index in [0.29, 0.717) is 16.8 Å². The summed E-state index contributed by atoms with van der Waals surface area (Å²) in [4.78, 5) is 27.6. The summed E-state index contributed by atoms with van der Waals surface area (Å²) in [7, 11) is 0. The van der Waals surface area contributed by atoms with Gasteiger partial charge < -0.3 is 10.2 Å². The molecule has 0 unspecified atom stereocenters. The minimum atomic E-state index is -0.268. The third kappa shape index (κ3) is 4.01. The van der Waals surface area contributed by atoms with Crippen LogP contribution in [0.4, 0.5) is 5.69 Å². The Balaban J connectivity index is 1.54. The van der Waals surface area contributed by atoms with E-state index in [0.717, 1.165) is 43.6 Å². The highest BCUT2D eigenvalue weighted by molar-refractivity contribution is 6.09. The molecule has 1 N–H and O–H groups in total. The van der Waals surface area contributed by atoms with E-state index < -0.39 is 0 Å². The van der Waals surface area contributed by atoms with Crippen LogP contribution >= 0.6 is 0 Å². The van der Waals surface area contributed by atoms with Gasteiger partial charge in [-0.1, -0.05) is 12.1 Å². The zero-order chi connectivity index (χ0) is 20.2. The number of amides is 2. The SMILES string of the molecule is Cc1cc(C(=O)Nc2ccccc2C(=O)N2CCCCC2)ccc1-n1cnnn1. The predicted molar refractivity (Wildman–Crippen MR) is 108 cm³/mol. The normalized spacial score (nSPS) is 13.9. The number of likely N-dealkylation sites (tertiary alicyclic amines) is 1. The Labute approximate surface area is 168 Å². The van der Waals surface area contributed by atoms with Gasteiger partial charge in [-0.25, -0.2) is 4.68 Å². The molecule has 2 aromatic carbocycles. The maximum absolute atomic E-state index is 12.9. The monoisotopic (exact) mass is 390 g/mol. The topological polar surface area (TPSA) is 93.0 Å². The number of para-hydroxylation sites is 1. The number of anilines is 1. The molecule has 1 aliphatic rings. The summed E-state index contributed by atoms with van der Waals surface area (Å²) in [6, 6.07) is 12.4. The van der Waals surface area contributed by atoms with Gasteiger partial charge in [0.25, 0.3) is 11.8 Å². The van der Waals surface area contributed by atoms with E-state index in [4.69, 9.17) is 0 Å². The Hall–Kier alpha value is -3.55. The molecule has 1 aliphatic heterocycles. The second-order valence-corrected chi connectivity index (χ2v) is 7.11. The molecule has 8 heteroatoms. The van der Waals surface area contributed by atoms with Crippen LogP contribution in [0.15, 0.2) is 48.8 Å². The van der Waals surface area contributed by atoms with Gasteiger partial charge in [0.2, 0.25) is 0 Å². The number of hydrogen-bond donors (Lipinski definition) is 1. The molecule has 1 aromatic heterocycles. The van der Waals surface area contributed by atoms with Gasteiger partial charge in [-0.2, -0.15) is 0 Å². The molecule has 29 heavy (non-hydrogen) atoms. The lowest BCUT2D eigenvalue weighted by Gasteiger charge is -2.27. The van der Waals surface area contributed by atoms with Crippen molar-refractivity contribution in [3.05, 3.63) is 65.5 Å². The Morgan fingerprint density at radius 2 is 1.83 bits per heavy atom. The Morgan fingerprint density at radius 1 is 1.03 bits per heavy atom. The summed E-state index contributed by atoms with van der Waals surface area (Å²) in [6.07, 6.45) is 4.70. The van der Waals surface area contributed by atoms with Crippen LogP contribution in [0.5, 0.6) is 0 Å². The van der Waals surface area contributed by atoms with Gasteiger partial charge >= 0.3 is 0 Å². The van der Waals surface area contributed by atoms with Crippen molar-refractivity contribution in [3.63, 3.8) is 0 Å². The van der Waals surface area contributed by atoms with Crippen molar-refractivity contribution in [3.8, 4) is 5.69 Å². The molecule has 0 aliphatic carbocycles. The fourth-order valence-electron chi connectivity index (χ4n) is 3.57. The Morgan fingerprint density at radius 3 is 2.55 bits per heavy atom. The largest absolute Gasteiger partial charge is 0.339 e. The van der Waals surface area contributed by atoms with Crippen LogP contribution in [0.3, 0.4) is 0 Å². The van der Waals surface area contributed by atoms with Crippen molar-refractivity contribution in [1.29, 1.82) is 0 Å². The number of aryl methyl sites for hydroxylation is 1. The molecule has 1 fully saturated rings. The Kier molecular flexibility index (Phi) is 5.33. The van der Waals surface area contributed by atoms with Gasteiger partial charge in [0.05, 0.1) is 16.9 Å². The van der Waals surface area contributed by atoms with Crippen molar-refractivity contribution in [2.45, 2.75) is 26.2 Å². The number of carbonyl (C=O) groups excluding carboxylic acids is 2. The standard InChI is InChI=1S/C21H22N6O2/c1-15-13-16(9-10-19(15)27-14-22-24-25-27)20(28)23-18-8-4-3-7-17(18)21(29)26-11-5-2-6-12-26/h3-4,7-10,13-14H,2,5-6,11-12H2,1H3,(H,23,28). The minimum Gasteiger partial charge on any atom is -0.339 e. The van der Waals surface area contributed by atoms with Gasteiger partial charge in [0.15, 0.2) is 0 Å². The van der Waals surface area contributed by atoms with Crippen LogP contribution in [0.2, 0.25) is 0 Å². The predicted octanol–water partition coefficient (Wildman–Crippen LogP) is 2.85. The lowest BCUT2D eigenvalue weighted by Crippen LogP contribution is -2.36. The highest BCUT2D eigenvalue weighted by Gasteiger charge is 2.21. The number of piperidine rings is 1. The van der Waals surface area contributed by atoms with Crippen LogP contribution in [-0.2, 0) is 0 Å². The smallest absolute Gasteiger partial charge is 0.255 e. The quantitative estimate of drug-likeness (QED) is 0.739. The molecule has 0 radical (unpaired) electrons. The summed E-state index contributed by atoms with van der Waals surface area (Å²) in [5.41, 5.74) is 3.20. The fraction of sp³-hybridized carbons (Fsp3) is 0.286. The van der Waals surface area contributed by atoms with Gasteiger partial charge in [0.1, 0.15) is 6.33 Å². The number of tetrazole rings is 1. The van der Waals surface area contributed by atoms with Crippen LogP contribution < -0.4 is 5.32 Å². The van der Waals surface area contributed by atoms with Crippen LogP contribution in [0, 0.1) is 6.92 Å². The summed E-state index contributed by atoms with van der Waals surface area (Å²) in [5, 5.41) is 14.0. The first-order valence-electron chi connectivity index (χ1n) is 9.67. The second-order valence-electron chi connectivity index (χ2n) is 7.11. The lowest BCUT2D eigenvalue weighted by molar-refractivity contribution is 0.0725. The zero-order valence-electron chi connectivity index (χ0n) is 16.2. The molecule has 1 saturated heterocycles. The van der Waals surface area contributed by atoms with E-state index in [1.165, 1.54) is 6.33 Å². The molecule has 3 aromatic rings. The number of nitrogens with one attached hydrogen (secondary N) is 1. The number of rotatable bonds is 4. The molecule has 2 amide bonds. The van der Waals surface area contributed by atoms with E-state index in [1.807, 2.05) is 24.0 Å². The molecule has 0 bridgehead atoms. The van der Waals surface area contributed by atoms with Crippen molar-refractivity contribution in [1.82, 2.24) is 25.1 Å². The van der Waals surface area contributed by atoms with Gasteiger partial charge in [-0.3, -0.25) is 9.59 Å². The molecule has 0 spiro atoms. The maximum atomic E-state index is 12.9. The highest BCUT2D eigenvalue weighted by Crippen LogP contribution is 2.21. The van der Waals surface area contributed by atoms with Gasteiger partial charge in [0, 0.05) is 18.7 Å². The van der Waals surface area contributed by atoms with E-state index in [1.54, 1.807) is 35.0 Å². The van der Waals surface area contributed by atoms with E-state index in [9.17, 15) is 9.59 Å². The second kappa shape index (κ2) is 8.22. The van der Waals surface area contributed by atoms with Crippen LogP contribution in [0.25, 0.3) is 5.69 Å². The lowest BCUT2D eigenvalue weighted by atomic mass is 10.1. The zero-order valence-corrected chi connectivity index (χ0v) is 16.2. The number of hydrogen-bond acceptors (Lipinski definition) is 5. The molecule has 2 heterocycles. The third-order valence-corrected chi connectivity index (χ3v) is 5.10. The van der Waals surface area contributed by atoms with Crippen molar-refractivity contribution in [2.24, 2.45) is 0 Å². The summed E-state index contributed by atoms with van der Waals surface area (Å²) < 4.78 is 1.55. The first-order chi connectivity index (χ1) is 14.1. The molecular formula is C21H22N6O2. The van der Waals surface area contributed by atoms with Crippen molar-refractivity contribution >= 4 is 17.5 Å². The number of carbonyl (C=O) groups is 2. The first-order valence-corrected chi connectivity index (χ1v) is 9.67. The minimum absolute atomic E-state index is 0.0363. The van der Waals surface area contributed by atoms with Crippen molar-refractivity contribution in [2.75, 3.05) is 18.4 Å². The molecule has 0 atom stereocenters. The molecular weight excluding hydrogens is 368 g/mol. The summed E-state index contributed by atoms with van der Waals surface area (Å²) in [5.74, 6) is -0.305. The highest BCUT2D eigenvalue weighted by atomic mass is 16.2. The van der Waals surface area contributed by atoms with E-state index in [2.05, 4.69) is 20.8 Å².